The van der Waals surface area contributed by atoms with E-state index in [1.807, 2.05) is 0 Å². The zero-order chi connectivity index (χ0) is 7.44. The average molecular weight is 150 g/mol. The van der Waals surface area contributed by atoms with Crippen molar-refractivity contribution >= 4 is 5.78 Å². The maximum atomic E-state index is 10.8. The molecule has 0 heterocycles. The quantitative estimate of drug-likeness (QED) is 0.247. The Morgan fingerprint density at radius 2 is 1.90 bits per heavy atom. The van der Waals surface area contributed by atoms with Crippen LogP contribution in [0.5, 0.6) is 0 Å². The monoisotopic (exact) mass is 150 g/mol. The Morgan fingerprint density at radius 3 is 2.00 bits per heavy atom. The van der Waals surface area contributed by atoms with Crippen LogP contribution >= 0.6 is 0 Å². The zero-order valence-corrected chi connectivity index (χ0v) is 8.97. The summed E-state index contributed by atoms with van der Waals surface area (Å²) in [4.78, 5) is 10.8. The van der Waals surface area contributed by atoms with Crippen molar-refractivity contribution in [1.29, 1.82) is 0 Å². The molecule has 0 fully saturated rings. The van der Waals surface area contributed by atoms with E-state index in [1.165, 1.54) is 6.92 Å². The summed E-state index contributed by atoms with van der Waals surface area (Å²) in [6.07, 6.45) is 0.600. The molecule has 2 nitrogen and oxygen atoms in total. The van der Waals surface area contributed by atoms with Gasteiger partial charge in [-0.2, -0.15) is 0 Å². The van der Waals surface area contributed by atoms with Crippen molar-refractivity contribution in [2.24, 2.45) is 5.92 Å². The molecule has 0 radical (unpaired) electrons. The van der Waals surface area contributed by atoms with E-state index >= 15 is 0 Å². The van der Waals surface area contributed by atoms with Crippen molar-refractivity contribution in [2.75, 3.05) is 0 Å². The summed E-state index contributed by atoms with van der Waals surface area (Å²) in [7, 11) is 0. The summed E-state index contributed by atoms with van der Waals surface area (Å²) in [6, 6.07) is 0. The molecule has 0 aliphatic heterocycles. The number of carbonyl (C=O) groups excluding carboxylic acids is 1. The van der Waals surface area contributed by atoms with E-state index in [1.54, 1.807) is 13.8 Å². The Labute approximate surface area is 83.6 Å². The molecule has 0 saturated carbocycles. The van der Waals surface area contributed by atoms with E-state index in [9.17, 15) is 9.90 Å². The topological polar surface area (TPSA) is 40.1 Å². The fourth-order valence-corrected chi connectivity index (χ4v) is 0.513. The summed E-state index contributed by atoms with van der Waals surface area (Å²) in [5.41, 5.74) is 0.310. The van der Waals surface area contributed by atoms with Crippen LogP contribution in [0.4, 0.5) is 0 Å². The molecule has 0 unspecified atom stereocenters. The Bertz CT molecular complexity index is 139. The molecule has 0 rings (SSSR count). The second-order valence-corrected chi connectivity index (χ2v) is 2.32. The molecule has 0 amide bonds. The SMILES string of the molecule is C/C(=C\[O-])C(=O)C(C)C.[Na+]. The maximum Gasteiger partial charge on any atom is 1.00 e. The number of carbonyl (C=O) groups is 1. The van der Waals surface area contributed by atoms with Gasteiger partial charge in [-0.05, 0) is 12.5 Å². The van der Waals surface area contributed by atoms with Gasteiger partial charge in [0.05, 0.1) is 0 Å². The van der Waals surface area contributed by atoms with Crippen LogP contribution in [0, 0.1) is 5.92 Å². The summed E-state index contributed by atoms with van der Waals surface area (Å²) in [5, 5.41) is 9.99. The third-order valence-corrected chi connectivity index (χ3v) is 1.09. The molecule has 0 aliphatic rings. The van der Waals surface area contributed by atoms with Gasteiger partial charge in [0.25, 0.3) is 0 Å². The fraction of sp³-hybridized carbons (Fsp3) is 0.571. The van der Waals surface area contributed by atoms with Crippen molar-refractivity contribution in [3.05, 3.63) is 11.8 Å². The molecular weight excluding hydrogens is 139 g/mol. The van der Waals surface area contributed by atoms with Gasteiger partial charge in [0.15, 0.2) is 5.78 Å². The van der Waals surface area contributed by atoms with E-state index < -0.39 is 0 Å². The molecule has 3 heteroatoms. The van der Waals surface area contributed by atoms with Crippen molar-refractivity contribution in [1.82, 2.24) is 0 Å². The third-order valence-electron chi connectivity index (χ3n) is 1.09. The van der Waals surface area contributed by atoms with Gasteiger partial charge in [-0.3, -0.25) is 4.79 Å². The van der Waals surface area contributed by atoms with Crippen molar-refractivity contribution in [2.45, 2.75) is 20.8 Å². The van der Waals surface area contributed by atoms with Crippen LogP contribution in [0.3, 0.4) is 0 Å². The van der Waals surface area contributed by atoms with Crippen molar-refractivity contribution < 1.29 is 39.5 Å². The van der Waals surface area contributed by atoms with Gasteiger partial charge in [0.2, 0.25) is 0 Å². The molecule has 0 aliphatic carbocycles. The Balaban J connectivity index is 0. The molecule has 0 aromatic heterocycles. The van der Waals surface area contributed by atoms with Gasteiger partial charge in [0, 0.05) is 5.92 Å². The molecule has 0 saturated heterocycles. The van der Waals surface area contributed by atoms with Crippen LogP contribution in [0.1, 0.15) is 20.8 Å². The van der Waals surface area contributed by atoms with Gasteiger partial charge >= 0.3 is 29.6 Å². The van der Waals surface area contributed by atoms with Gasteiger partial charge in [-0.15, -0.1) is 6.26 Å². The number of hydrogen-bond donors (Lipinski definition) is 0. The summed E-state index contributed by atoms with van der Waals surface area (Å²) in [6.45, 7) is 5.08. The number of allylic oxidation sites excluding steroid dienone is 1. The van der Waals surface area contributed by atoms with Crippen LogP contribution in [0.2, 0.25) is 0 Å². The van der Waals surface area contributed by atoms with E-state index in [2.05, 4.69) is 0 Å². The number of ketones is 1. The van der Waals surface area contributed by atoms with E-state index in [0.717, 1.165) is 0 Å². The molecule has 0 aromatic carbocycles. The van der Waals surface area contributed by atoms with E-state index in [0.29, 0.717) is 11.8 Å². The molecule has 52 valence electrons. The largest absolute Gasteiger partial charge is 1.00 e. The molecule has 0 spiro atoms. The first kappa shape index (κ1) is 12.8. The third kappa shape index (κ3) is 4.09. The number of Topliss-reactive ketones (excluding diaryl/α,β-unsaturated/α-hetero) is 1. The van der Waals surface area contributed by atoms with Gasteiger partial charge in [0.1, 0.15) is 0 Å². The second kappa shape index (κ2) is 5.96. The Kier molecular flexibility index (Phi) is 7.65. The number of rotatable bonds is 2. The van der Waals surface area contributed by atoms with Crippen LogP contribution in [0.25, 0.3) is 0 Å². The normalized spacial score (nSPS) is 11.0. The Hall–Kier alpha value is 0.210. The van der Waals surface area contributed by atoms with E-state index in [-0.39, 0.29) is 41.3 Å². The van der Waals surface area contributed by atoms with Crippen LogP contribution in [-0.2, 0) is 4.79 Å². The number of hydrogen-bond acceptors (Lipinski definition) is 2. The standard InChI is InChI=1S/C7H12O2.Na/c1-5(2)7(9)6(3)4-8;/h4-5,8H,1-3H3;/q;+1/p-1/b6-4+;. The summed E-state index contributed by atoms with van der Waals surface area (Å²) >= 11 is 0. The minimum Gasteiger partial charge on any atom is -0.878 e. The van der Waals surface area contributed by atoms with Gasteiger partial charge in [-0.25, -0.2) is 0 Å². The molecule has 0 aromatic rings. The Morgan fingerprint density at radius 1 is 1.50 bits per heavy atom. The smallest absolute Gasteiger partial charge is 0.878 e. The maximum absolute atomic E-state index is 10.8. The first-order chi connectivity index (χ1) is 4.09. The predicted molar refractivity (Wildman–Crippen MR) is 33.6 cm³/mol. The van der Waals surface area contributed by atoms with Gasteiger partial charge < -0.3 is 5.11 Å². The predicted octanol–water partition coefficient (Wildman–Crippen LogP) is -2.52. The fourth-order valence-electron chi connectivity index (χ4n) is 0.513. The summed E-state index contributed by atoms with van der Waals surface area (Å²) in [5.74, 6) is -0.125. The summed E-state index contributed by atoms with van der Waals surface area (Å²) < 4.78 is 0. The van der Waals surface area contributed by atoms with Crippen LogP contribution in [-0.4, -0.2) is 5.78 Å². The molecule has 0 bridgehead atoms. The zero-order valence-electron chi connectivity index (χ0n) is 6.97. The molecular formula is C7H11NaO2. The first-order valence-electron chi connectivity index (χ1n) is 2.92. The minimum absolute atomic E-state index is 0. The van der Waals surface area contributed by atoms with Crippen molar-refractivity contribution in [3.8, 4) is 0 Å². The van der Waals surface area contributed by atoms with E-state index in [4.69, 9.17) is 0 Å². The second-order valence-electron chi connectivity index (χ2n) is 2.32. The van der Waals surface area contributed by atoms with Crippen molar-refractivity contribution in [3.63, 3.8) is 0 Å². The molecule has 0 atom stereocenters. The van der Waals surface area contributed by atoms with Gasteiger partial charge in [-0.1, -0.05) is 13.8 Å². The molecule has 0 N–H and O–H groups in total. The van der Waals surface area contributed by atoms with Crippen LogP contribution in [0.15, 0.2) is 11.8 Å². The minimum atomic E-state index is -0.0648. The average Bonchev–Trinajstić information content (AvgIpc) is 1.84. The van der Waals surface area contributed by atoms with Crippen LogP contribution < -0.4 is 34.7 Å². The molecule has 10 heavy (non-hydrogen) atoms. The first-order valence-corrected chi connectivity index (χ1v) is 2.92.